The Kier molecular flexibility index (Phi) is 5.21. The predicted molar refractivity (Wildman–Crippen MR) is 104 cm³/mol. The fourth-order valence-corrected chi connectivity index (χ4v) is 3.70. The van der Waals surface area contributed by atoms with Gasteiger partial charge >= 0.3 is 0 Å². The molecule has 0 radical (unpaired) electrons. The molecule has 28 heavy (non-hydrogen) atoms. The van der Waals surface area contributed by atoms with E-state index in [0.29, 0.717) is 29.8 Å². The molecule has 8 nitrogen and oxygen atoms in total. The minimum atomic E-state index is -0.308. The Balaban J connectivity index is 1.46. The van der Waals surface area contributed by atoms with Gasteiger partial charge in [-0.2, -0.15) is 5.10 Å². The lowest BCUT2D eigenvalue weighted by molar-refractivity contribution is 0.0827. The van der Waals surface area contributed by atoms with Crippen LogP contribution in [0, 0.1) is 6.92 Å². The molecule has 2 aromatic heterocycles. The highest BCUT2D eigenvalue weighted by molar-refractivity contribution is 6.04. The number of imidazole rings is 1. The molecule has 3 heterocycles. The lowest BCUT2D eigenvalue weighted by Crippen LogP contribution is -2.30. The summed E-state index contributed by atoms with van der Waals surface area (Å²) in [6.45, 7) is 4.62. The molecule has 0 spiro atoms. The average molecular weight is 381 g/mol. The summed E-state index contributed by atoms with van der Waals surface area (Å²) in [5.41, 5.74) is 0.993. The van der Waals surface area contributed by atoms with Crippen LogP contribution >= 0.6 is 0 Å². The summed E-state index contributed by atoms with van der Waals surface area (Å²) in [4.78, 5) is 29.1. The van der Waals surface area contributed by atoms with Crippen molar-refractivity contribution in [1.82, 2.24) is 25.1 Å². The van der Waals surface area contributed by atoms with E-state index in [4.69, 9.17) is 4.74 Å². The number of fused-ring (bicyclic) bond motifs is 1. The summed E-state index contributed by atoms with van der Waals surface area (Å²) < 4.78 is 7.61. The van der Waals surface area contributed by atoms with Gasteiger partial charge in [0.2, 0.25) is 0 Å². The number of aryl methyl sites for hydroxylation is 1. The molecule has 2 N–H and O–H groups in total. The van der Waals surface area contributed by atoms with Crippen LogP contribution in [0.15, 0.2) is 35.3 Å². The average Bonchev–Trinajstić information content (AvgIpc) is 3.09. The van der Waals surface area contributed by atoms with E-state index < -0.39 is 0 Å². The topological polar surface area (TPSA) is 102 Å². The molecular weight excluding hydrogens is 358 g/mol. The van der Waals surface area contributed by atoms with Crippen LogP contribution in [0.3, 0.4) is 0 Å². The van der Waals surface area contributed by atoms with Crippen molar-refractivity contribution in [2.45, 2.75) is 32.2 Å². The first-order valence-corrected chi connectivity index (χ1v) is 9.50. The summed E-state index contributed by atoms with van der Waals surface area (Å²) in [7, 11) is 0. The van der Waals surface area contributed by atoms with Gasteiger partial charge in [0.15, 0.2) is 5.69 Å². The Labute approximate surface area is 161 Å². The second-order valence-corrected chi connectivity index (χ2v) is 7.00. The molecule has 0 aliphatic carbocycles. The Bertz CT molecular complexity index is 1050. The Hall–Kier alpha value is -3.00. The smallest absolute Gasteiger partial charge is 0.272 e. The van der Waals surface area contributed by atoms with Gasteiger partial charge in [0.1, 0.15) is 5.82 Å². The molecule has 0 atom stereocenters. The van der Waals surface area contributed by atoms with Crippen molar-refractivity contribution in [3.05, 3.63) is 58.0 Å². The summed E-state index contributed by atoms with van der Waals surface area (Å²) in [5, 5.41) is 10.3. The minimum absolute atomic E-state index is 0.224. The maximum absolute atomic E-state index is 12.6. The van der Waals surface area contributed by atoms with Crippen molar-refractivity contribution >= 4 is 16.7 Å². The molecule has 3 aromatic rings. The molecule has 4 rings (SSSR count). The van der Waals surface area contributed by atoms with Gasteiger partial charge in [0.25, 0.3) is 11.5 Å². The molecule has 8 heteroatoms. The maximum Gasteiger partial charge on any atom is 0.272 e. The molecule has 1 aliphatic heterocycles. The number of ether oxygens (including phenoxy) is 1. The zero-order valence-electron chi connectivity index (χ0n) is 15.8. The van der Waals surface area contributed by atoms with Gasteiger partial charge in [0, 0.05) is 49.5 Å². The van der Waals surface area contributed by atoms with Crippen molar-refractivity contribution in [3.63, 3.8) is 0 Å². The lowest BCUT2D eigenvalue weighted by Gasteiger charge is -2.23. The van der Waals surface area contributed by atoms with E-state index in [2.05, 4.69) is 25.1 Å². The monoisotopic (exact) mass is 381 g/mol. The number of benzene rings is 1. The quantitative estimate of drug-likeness (QED) is 0.701. The first-order chi connectivity index (χ1) is 13.6. The van der Waals surface area contributed by atoms with Crippen LogP contribution < -0.4 is 10.9 Å². The lowest BCUT2D eigenvalue weighted by atomic mass is 9.99. The predicted octanol–water partition coefficient (Wildman–Crippen LogP) is 1.75. The van der Waals surface area contributed by atoms with Crippen LogP contribution in [0.1, 0.15) is 40.8 Å². The van der Waals surface area contributed by atoms with Crippen molar-refractivity contribution in [3.8, 4) is 0 Å². The fraction of sp³-hybridized carbons (Fsp3) is 0.400. The van der Waals surface area contributed by atoms with Crippen molar-refractivity contribution in [2.24, 2.45) is 0 Å². The van der Waals surface area contributed by atoms with E-state index >= 15 is 0 Å². The van der Waals surface area contributed by atoms with Crippen LogP contribution in [-0.2, 0) is 11.3 Å². The van der Waals surface area contributed by atoms with Crippen LogP contribution in [0.5, 0.6) is 0 Å². The SMILES string of the molecule is Cc1cnc(C2CCOCC2)n1CCNC(=O)c1n[nH]c(=O)c2ccccc12. The first kappa shape index (κ1) is 18.4. The normalized spacial score (nSPS) is 15.0. The highest BCUT2D eigenvalue weighted by atomic mass is 16.5. The molecule has 146 valence electrons. The highest BCUT2D eigenvalue weighted by Crippen LogP contribution is 2.26. The van der Waals surface area contributed by atoms with E-state index in [9.17, 15) is 9.59 Å². The molecule has 0 unspecified atom stereocenters. The van der Waals surface area contributed by atoms with E-state index in [1.807, 2.05) is 13.1 Å². The number of hydrogen-bond acceptors (Lipinski definition) is 5. The van der Waals surface area contributed by atoms with E-state index in [1.54, 1.807) is 24.3 Å². The first-order valence-electron chi connectivity index (χ1n) is 9.50. The Morgan fingerprint density at radius 1 is 1.29 bits per heavy atom. The van der Waals surface area contributed by atoms with Crippen LogP contribution in [-0.4, -0.2) is 45.4 Å². The van der Waals surface area contributed by atoms with E-state index in [1.165, 1.54) is 0 Å². The molecular formula is C20H23N5O3. The number of carbonyl (C=O) groups is 1. The summed E-state index contributed by atoms with van der Waals surface area (Å²) >= 11 is 0. The standard InChI is InChI=1S/C20H23N5O3/c1-13-12-22-18(14-6-10-28-11-7-14)25(13)9-8-21-20(27)17-15-4-2-3-5-16(15)19(26)24-23-17/h2-5,12,14H,6-11H2,1H3,(H,21,27)(H,24,26). The molecule has 0 bridgehead atoms. The number of aromatic amines is 1. The van der Waals surface area contributed by atoms with Gasteiger partial charge < -0.3 is 14.6 Å². The molecule has 1 fully saturated rings. The number of rotatable bonds is 5. The molecule has 1 aromatic carbocycles. The van der Waals surface area contributed by atoms with Crippen molar-refractivity contribution < 1.29 is 9.53 Å². The van der Waals surface area contributed by atoms with Gasteiger partial charge in [0.05, 0.1) is 5.39 Å². The maximum atomic E-state index is 12.6. The Morgan fingerprint density at radius 2 is 2.04 bits per heavy atom. The van der Waals surface area contributed by atoms with Gasteiger partial charge in [-0.25, -0.2) is 10.1 Å². The summed E-state index contributed by atoms with van der Waals surface area (Å²) in [6.07, 6.45) is 3.82. The number of nitrogens with zero attached hydrogens (tertiary/aromatic N) is 3. The fourth-order valence-electron chi connectivity index (χ4n) is 3.70. The largest absolute Gasteiger partial charge is 0.381 e. The third-order valence-electron chi connectivity index (χ3n) is 5.20. The van der Waals surface area contributed by atoms with Crippen LogP contribution in [0.2, 0.25) is 0 Å². The number of H-pyrrole nitrogens is 1. The zero-order chi connectivity index (χ0) is 19.5. The number of hydrogen-bond donors (Lipinski definition) is 2. The summed E-state index contributed by atoms with van der Waals surface area (Å²) in [5.74, 6) is 1.14. The third-order valence-corrected chi connectivity index (χ3v) is 5.20. The van der Waals surface area contributed by atoms with E-state index in [-0.39, 0.29) is 17.2 Å². The van der Waals surface area contributed by atoms with Crippen LogP contribution in [0.25, 0.3) is 10.8 Å². The van der Waals surface area contributed by atoms with E-state index in [0.717, 1.165) is 37.6 Å². The summed E-state index contributed by atoms with van der Waals surface area (Å²) in [6, 6.07) is 6.96. The van der Waals surface area contributed by atoms with Gasteiger partial charge in [-0.15, -0.1) is 0 Å². The second kappa shape index (κ2) is 7.93. The minimum Gasteiger partial charge on any atom is -0.381 e. The molecule has 1 amide bonds. The Morgan fingerprint density at radius 3 is 2.82 bits per heavy atom. The second-order valence-electron chi connectivity index (χ2n) is 7.00. The van der Waals surface area contributed by atoms with Gasteiger partial charge in [-0.3, -0.25) is 9.59 Å². The van der Waals surface area contributed by atoms with Crippen molar-refractivity contribution in [1.29, 1.82) is 0 Å². The highest BCUT2D eigenvalue weighted by Gasteiger charge is 2.21. The number of nitrogens with one attached hydrogen (secondary N) is 2. The molecule has 1 aliphatic rings. The van der Waals surface area contributed by atoms with Crippen molar-refractivity contribution in [2.75, 3.05) is 19.8 Å². The number of aromatic nitrogens is 4. The third kappa shape index (κ3) is 3.55. The van der Waals surface area contributed by atoms with Gasteiger partial charge in [-0.05, 0) is 25.8 Å². The number of carbonyl (C=O) groups excluding carboxylic acids is 1. The van der Waals surface area contributed by atoms with Crippen LogP contribution in [0.4, 0.5) is 0 Å². The van der Waals surface area contributed by atoms with Gasteiger partial charge in [-0.1, -0.05) is 18.2 Å². The zero-order valence-corrected chi connectivity index (χ0v) is 15.8. The molecule has 0 saturated carbocycles. The molecule has 1 saturated heterocycles. The number of amides is 1.